The van der Waals surface area contributed by atoms with Crippen molar-refractivity contribution in [3.05, 3.63) is 34.3 Å². The molecule has 17 heavy (non-hydrogen) atoms. The van der Waals surface area contributed by atoms with Crippen LogP contribution in [0.25, 0.3) is 0 Å². The second-order valence-electron chi connectivity index (χ2n) is 4.93. The van der Waals surface area contributed by atoms with E-state index in [0.29, 0.717) is 6.54 Å². The third-order valence-corrected chi connectivity index (χ3v) is 3.25. The first kappa shape index (κ1) is 14.6. The van der Waals surface area contributed by atoms with Gasteiger partial charge in [0.15, 0.2) is 0 Å². The number of hydrogen-bond acceptors (Lipinski definition) is 3. The van der Waals surface area contributed by atoms with Crippen LogP contribution in [0.1, 0.15) is 12.5 Å². The molecule has 1 aromatic carbocycles. The van der Waals surface area contributed by atoms with E-state index in [-0.39, 0.29) is 13.2 Å². The van der Waals surface area contributed by atoms with Crippen LogP contribution in [0.15, 0.2) is 28.7 Å². The van der Waals surface area contributed by atoms with Crippen molar-refractivity contribution in [3.8, 4) is 0 Å². The molecule has 0 atom stereocenters. The molecule has 0 aliphatic rings. The van der Waals surface area contributed by atoms with Gasteiger partial charge in [-0.25, -0.2) is 0 Å². The van der Waals surface area contributed by atoms with Gasteiger partial charge < -0.3 is 15.1 Å². The SMILES string of the molecule is CN(Cc1cccc(Br)c1)CC(C)(CO)CO. The molecule has 0 bridgehead atoms. The third-order valence-electron chi connectivity index (χ3n) is 2.76. The topological polar surface area (TPSA) is 43.7 Å². The molecule has 1 aromatic rings. The van der Waals surface area contributed by atoms with E-state index in [9.17, 15) is 10.2 Å². The summed E-state index contributed by atoms with van der Waals surface area (Å²) >= 11 is 3.44. The molecule has 0 saturated carbocycles. The Morgan fingerprint density at radius 1 is 1.29 bits per heavy atom. The third kappa shape index (κ3) is 4.76. The average molecular weight is 302 g/mol. The van der Waals surface area contributed by atoms with Gasteiger partial charge in [0.2, 0.25) is 0 Å². The Kier molecular flexibility index (Phi) is 5.59. The van der Waals surface area contributed by atoms with Crippen LogP contribution in [0, 0.1) is 5.41 Å². The molecule has 0 aromatic heterocycles. The molecule has 0 heterocycles. The summed E-state index contributed by atoms with van der Waals surface area (Å²) in [5.41, 5.74) is 0.765. The van der Waals surface area contributed by atoms with E-state index in [4.69, 9.17) is 0 Å². The molecule has 2 N–H and O–H groups in total. The van der Waals surface area contributed by atoms with Crippen LogP contribution in [0.2, 0.25) is 0 Å². The van der Waals surface area contributed by atoms with Gasteiger partial charge in [0.05, 0.1) is 13.2 Å². The second kappa shape index (κ2) is 6.50. The zero-order valence-corrected chi connectivity index (χ0v) is 11.9. The largest absolute Gasteiger partial charge is 0.396 e. The number of hydrogen-bond donors (Lipinski definition) is 2. The van der Waals surface area contributed by atoms with Crippen molar-refractivity contribution >= 4 is 15.9 Å². The monoisotopic (exact) mass is 301 g/mol. The smallest absolute Gasteiger partial charge is 0.0519 e. The molecule has 0 saturated heterocycles. The highest BCUT2D eigenvalue weighted by molar-refractivity contribution is 9.10. The molecular formula is C13H20BrNO2. The highest BCUT2D eigenvalue weighted by atomic mass is 79.9. The van der Waals surface area contributed by atoms with Crippen molar-refractivity contribution in [2.24, 2.45) is 5.41 Å². The van der Waals surface area contributed by atoms with Gasteiger partial charge in [-0.1, -0.05) is 35.0 Å². The maximum atomic E-state index is 9.25. The van der Waals surface area contributed by atoms with E-state index >= 15 is 0 Å². The number of aliphatic hydroxyl groups is 2. The summed E-state index contributed by atoms with van der Waals surface area (Å²) in [4.78, 5) is 2.11. The molecule has 4 heteroatoms. The summed E-state index contributed by atoms with van der Waals surface area (Å²) in [5.74, 6) is 0. The Hall–Kier alpha value is -0.420. The number of rotatable bonds is 6. The van der Waals surface area contributed by atoms with Gasteiger partial charge in [-0.2, -0.15) is 0 Å². The Balaban J connectivity index is 2.58. The quantitative estimate of drug-likeness (QED) is 0.843. The Bertz CT molecular complexity index is 353. The van der Waals surface area contributed by atoms with Gasteiger partial charge in [0.1, 0.15) is 0 Å². The lowest BCUT2D eigenvalue weighted by Crippen LogP contribution is -2.38. The van der Waals surface area contributed by atoms with E-state index in [2.05, 4.69) is 33.0 Å². The fraction of sp³-hybridized carbons (Fsp3) is 0.538. The van der Waals surface area contributed by atoms with E-state index in [0.717, 1.165) is 11.0 Å². The lowest BCUT2D eigenvalue weighted by atomic mass is 9.92. The summed E-state index contributed by atoms with van der Waals surface area (Å²) in [6.07, 6.45) is 0. The number of benzene rings is 1. The Morgan fingerprint density at radius 3 is 2.47 bits per heavy atom. The lowest BCUT2D eigenvalue weighted by molar-refractivity contribution is 0.0402. The van der Waals surface area contributed by atoms with Crippen LogP contribution in [0.3, 0.4) is 0 Å². The molecule has 0 amide bonds. The molecular weight excluding hydrogens is 282 g/mol. The van der Waals surface area contributed by atoms with Crippen LogP contribution in [-0.4, -0.2) is 41.9 Å². The van der Waals surface area contributed by atoms with Crippen LogP contribution in [0.4, 0.5) is 0 Å². The van der Waals surface area contributed by atoms with Gasteiger partial charge in [0, 0.05) is 23.0 Å². The molecule has 0 unspecified atom stereocenters. The summed E-state index contributed by atoms with van der Waals surface area (Å²) in [6.45, 7) is 3.32. The van der Waals surface area contributed by atoms with E-state index < -0.39 is 5.41 Å². The first-order valence-corrected chi connectivity index (χ1v) is 6.43. The van der Waals surface area contributed by atoms with Gasteiger partial charge in [-0.05, 0) is 24.7 Å². The van der Waals surface area contributed by atoms with Crippen molar-refractivity contribution in [3.63, 3.8) is 0 Å². The van der Waals surface area contributed by atoms with Crippen molar-refractivity contribution in [1.82, 2.24) is 4.90 Å². The molecule has 0 spiro atoms. The first-order chi connectivity index (χ1) is 7.99. The molecule has 0 fully saturated rings. The first-order valence-electron chi connectivity index (χ1n) is 5.64. The molecule has 96 valence electrons. The predicted octanol–water partition coefficient (Wildman–Crippen LogP) is 1.87. The van der Waals surface area contributed by atoms with Crippen LogP contribution >= 0.6 is 15.9 Å². The van der Waals surface area contributed by atoms with Crippen molar-refractivity contribution in [1.29, 1.82) is 0 Å². The molecule has 0 radical (unpaired) electrons. The summed E-state index contributed by atoms with van der Waals surface area (Å²) in [7, 11) is 1.99. The fourth-order valence-electron chi connectivity index (χ4n) is 1.80. The number of halogens is 1. The summed E-state index contributed by atoms with van der Waals surface area (Å²) in [6, 6.07) is 8.14. The number of aliphatic hydroxyl groups excluding tert-OH is 2. The van der Waals surface area contributed by atoms with Crippen LogP contribution in [0.5, 0.6) is 0 Å². The normalized spacial score (nSPS) is 12.1. The highest BCUT2D eigenvalue weighted by Crippen LogP contribution is 2.18. The minimum absolute atomic E-state index is 0.00761. The lowest BCUT2D eigenvalue weighted by Gasteiger charge is -2.30. The van der Waals surface area contributed by atoms with E-state index in [1.807, 2.05) is 26.1 Å². The Labute approximate surface area is 111 Å². The predicted molar refractivity (Wildman–Crippen MR) is 72.8 cm³/mol. The standard InChI is InChI=1S/C13H20BrNO2/c1-13(9-16,10-17)8-15(2)7-11-4-3-5-12(14)6-11/h3-6,16-17H,7-10H2,1-2H3. The zero-order valence-electron chi connectivity index (χ0n) is 10.4. The molecule has 0 aliphatic carbocycles. The van der Waals surface area contributed by atoms with Gasteiger partial charge >= 0.3 is 0 Å². The van der Waals surface area contributed by atoms with Crippen LogP contribution in [-0.2, 0) is 6.54 Å². The van der Waals surface area contributed by atoms with Gasteiger partial charge in [-0.15, -0.1) is 0 Å². The highest BCUT2D eigenvalue weighted by Gasteiger charge is 2.24. The molecule has 3 nitrogen and oxygen atoms in total. The van der Waals surface area contributed by atoms with E-state index in [1.54, 1.807) is 0 Å². The molecule has 1 rings (SSSR count). The number of nitrogens with zero attached hydrogens (tertiary/aromatic N) is 1. The second-order valence-corrected chi connectivity index (χ2v) is 5.84. The fourth-order valence-corrected chi connectivity index (χ4v) is 2.25. The Morgan fingerprint density at radius 2 is 1.94 bits per heavy atom. The van der Waals surface area contributed by atoms with Crippen molar-refractivity contribution in [2.45, 2.75) is 13.5 Å². The minimum atomic E-state index is -0.444. The van der Waals surface area contributed by atoms with Gasteiger partial charge in [-0.3, -0.25) is 0 Å². The van der Waals surface area contributed by atoms with Crippen molar-refractivity contribution < 1.29 is 10.2 Å². The van der Waals surface area contributed by atoms with Crippen molar-refractivity contribution in [2.75, 3.05) is 26.8 Å². The minimum Gasteiger partial charge on any atom is -0.396 e. The average Bonchev–Trinajstić information content (AvgIpc) is 2.28. The maximum absolute atomic E-state index is 9.25. The summed E-state index contributed by atoms with van der Waals surface area (Å²) < 4.78 is 1.07. The molecule has 0 aliphatic heterocycles. The zero-order chi connectivity index (χ0) is 12.9. The van der Waals surface area contributed by atoms with Gasteiger partial charge in [0.25, 0.3) is 0 Å². The van der Waals surface area contributed by atoms with Crippen LogP contribution < -0.4 is 0 Å². The van der Waals surface area contributed by atoms with E-state index in [1.165, 1.54) is 5.56 Å². The summed E-state index contributed by atoms with van der Waals surface area (Å²) in [5, 5.41) is 18.5. The maximum Gasteiger partial charge on any atom is 0.0519 e.